The first kappa shape index (κ1) is 8.04. The van der Waals surface area contributed by atoms with Gasteiger partial charge in [0.2, 0.25) is 0 Å². The van der Waals surface area contributed by atoms with Crippen LogP contribution in [0.1, 0.15) is 6.42 Å². The number of fused-ring (bicyclic) bond motifs is 1. The van der Waals surface area contributed by atoms with Crippen molar-refractivity contribution >= 4 is 11.7 Å². The van der Waals surface area contributed by atoms with Gasteiger partial charge in [-0.25, -0.2) is 10.2 Å². The highest BCUT2D eigenvalue weighted by Crippen LogP contribution is 2.42. The van der Waals surface area contributed by atoms with Crippen molar-refractivity contribution < 1.29 is 4.79 Å². The SMILES string of the molecule is NC(=O)N/N=C1\C=CC=C[C@H]2C[C@@H]12. The van der Waals surface area contributed by atoms with Gasteiger partial charge in [0.05, 0.1) is 5.71 Å². The van der Waals surface area contributed by atoms with Crippen molar-refractivity contribution in [3.63, 3.8) is 0 Å². The van der Waals surface area contributed by atoms with E-state index in [9.17, 15) is 4.79 Å². The minimum atomic E-state index is -0.615. The fourth-order valence-corrected chi connectivity index (χ4v) is 1.49. The monoisotopic (exact) mass is 177 g/mol. The third-order valence-corrected chi connectivity index (χ3v) is 2.25. The summed E-state index contributed by atoms with van der Waals surface area (Å²) in [5, 5.41) is 3.93. The number of allylic oxidation sites excluding steroid dienone is 4. The van der Waals surface area contributed by atoms with Crippen LogP contribution >= 0.6 is 0 Å². The lowest BCUT2D eigenvalue weighted by Crippen LogP contribution is -2.25. The van der Waals surface area contributed by atoms with Crippen molar-refractivity contribution in [1.82, 2.24) is 5.43 Å². The molecule has 0 aromatic carbocycles. The molecule has 68 valence electrons. The maximum atomic E-state index is 10.4. The summed E-state index contributed by atoms with van der Waals surface area (Å²) >= 11 is 0. The van der Waals surface area contributed by atoms with E-state index in [0.717, 1.165) is 12.1 Å². The van der Waals surface area contributed by atoms with Crippen LogP contribution in [0.4, 0.5) is 4.79 Å². The minimum absolute atomic E-state index is 0.474. The maximum absolute atomic E-state index is 10.4. The number of amides is 2. The highest BCUT2D eigenvalue weighted by atomic mass is 16.2. The molecule has 2 rings (SSSR count). The van der Waals surface area contributed by atoms with E-state index in [4.69, 9.17) is 5.73 Å². The predicted molar refractivity (Wildman–Crippen MR) is 50.0 cm³/mol. The van der Waals surface area contributed by atoms with Crippen LogP contribution in [-0.4, -0.2) is 11.7 Å². The summed E-state index contributed by atoms with van der Waals surface area (Å²) in [7, 11) is 0. The van der Waals surface area contributed by atoms with Gasteiger partial charge in [-0.3, -0.25) is 0 Å². The average Bonchev–Trinajstić information content (AvgIpc) is 2.79. The van der Waals surface area contributed by atoms with Gasteiger partial charge < -0.3 is 5.73 Å². The molecule has 0 aromatic rings. The Morgan fingerprint density at radius 1 is 1.62 bits per heavy atom. The molecular weight excluding hydrogens is 166 g/mol. The number of nitrogens with zero attached hydrogens (tertiary/aromatic N) is 1. The molecule has 0 radical (unpaired) electrons. The molecule has 0 saturated heterocycles. The number of carbonyl (C=O) groups is 1. The number of primary amides is 1. The summed E-state index contributed by atoms with van der Waals surface area (Å²) < 4.78 is 0. The molecule has 3 N–H and O–H groups in total. The lowest BCUT2D eigenvalue weighted by Gasteiger charge is -1.97. The zero-order chi connectivity index (χ0) is 9.26. The van der Waals surface area contributed by atoms with E-state index in [0.29, 0.717) is 11.8 Å². The molecule has 0 unspecified atom stereocenters. The Morgan fingerprint density at radius 3 is 3.23 bits per heavy atom. The highest BCUT2D eigenvalue weighted by molar-refractivity contribution is 6.00. The van der Waals surface area contributed by atoms with E-state index in [-0.39, 0.29) is 0 Å². The number of urea groups is 1. The number of nitrogens with one attached hydrogen (secondary N) is 1. The molecule has 2 amide bonds. The second-order valence-electron chi connectivity index (χ2n) is 3.26. The fraction of sp³-hybridized carbons (Fsp3) is 0.333. The fourth-order valence-electron chi connectivity index (χ4n) is 1.49. The second kappa shape index (κ2) is 3.05. The first-order valence-corrected chi connectivity index (χ1v) is 4.25. The second-order valence-corrected chi connectivity index (χ2v) is 3.26. The zero-order valence-electron chi connectivity index (χ0n) is 7.10. The Balaban J connectivity index is 2.07. The third kappa shape index (κ3) is 1.77. The first-order chi connectivity index (χ1) is 6.27. The van der Waals surface area contributed by atoms with Crippen LogP contribution in [0.3, 0.4) is 0 Å². The van der Waals surface area contributed by atoms with Gasteiger partial charge in [0.25, 0.3) is 0 Å². The summed E-state index contributed by atoms with van der Waals surface area (Å²) in [4.78, 5) is 10.4. The number of hydrogen-bond acceptors (Lipinski definition) is 2. The van der Waals surface area contributed by atoms with Gasteiger partial charge >= 0.3 is 6.03 Å². The van der Waals surface area contributed by atoms with E-state index in [1.807, 2.05) is 18.2 Å². The Hall–Kier alpha value is -1.58. The molecule has 4 heteroatoms. The van der Waals surface area contributed by atoms with Crippen LogP contribution in [0.2, 0.25) is 0 Å². The third-order valence-electron chi connectivity index (χ3n) is 2.25. The van der Waals surface area contributed by atoms with Crippen molar-refractivity contribution in [3.05, 3.63) is 24.3 Å². The standard InChI is InChI=1S/C9H11N3O/c10-9(13)12-11-8-4-2-1-3-6-5-7(6)8/h1-4,6-7H,5H2,(H3,10,12,13)/b11-8+/t6-,7+/m0/s1. The van der Waals surface area contributed by atoms with Crippen LogP contribution in [0, 0.1) is 11.8 Å². The first-order valence-electron chi connectivity index (χ1n) is 4.25. The van der Waals surface area contributed by atoms with Gasteiger partial charge in [-0.2, -0.15) is 5.10 Å². The Morgan fingerprint density at radius 2 is 2.46 bits per heavy atom. The lowest BCUT2D eigenvalue weighted by molar-refractivity contribution is 0.249. The minimum Gasteiger partial charge on any atom is -0.350 e. The van der Waals surface area contributed by atoms with Gasteiger partial charge in [0.1, 0.15) is 0 Å². The summed E-state index contributed by atoms with van der Waals surface area (Å²) in [6.45, 7) is 0. The van der Waals surface area contributed by atoms with E-state index in [1.54, 1.807) is 0 Å². The van der Waals surface area contributed by atoms with Crippen LogP contribution in [0.25, 0.3) is 0 Å². The summed E-state index contributed by atoms with van der Waals surface area (Å²) in [6.07, 6.45) is 9.13. The lowest BCUT2D eigenvalue weighted by atomic mass is 10.2. The van der Waals surface area contributed by atoms with Crippen molar-refractivity contribution in [3.8, 4) is 0 Å². The zero-order valence-corrected chi connectivity index (χ0v) is 7.10. The highest BCUT2D eigenvalue weighted by Gasteiger charge is 2.38. The Bertz CT molecular complexity index is 317. The van der Waals surface area contributed by atoms with Crippen LogP contribution in [0.15, 0.2) is 29.4 Å². The number of rotatable bonds is 1. The van der Waals surface area contributed by atoms with Crippen LogP contribution < -0.4 is 11.2 Å². The van der Waals surface area contributed by atoms with Gasteiger partial charge in [-0.1, -0.05) is 18.2 Å². The number of carbonyl (C=O) groups excluding carboxylic acids is 1. The molecule has 2 aliphatic rings. The topological polar surface area (TPSA) is 67.5 Å². The molecule has 1 fully saturated rings. The molecule has 0 aliphatic heterocycles. The molecular formula is C9H11N3O. The van der Waals surface area contributed by atoms with Gasteiger partial charge in [-0.05, 0) is 18.4 Å². The number of hydrogen-bond donors (Lipinski definition) is 2. The number of hydrazone groups is 1. The van der Waals surface area contributed by atoms with Crippen molar-refractivity contribution in [2.45, 2.75) is 6.42 Å². The van der Waals surface area contributed by atoms with Crippen molar-refractivity contribution in [2.24, 2.45) is 22.7 Å². The summed E-state index contributed by atoms with van der Waals surface area (Å²) in [6, 6.07) is -0.615. The average molecular weight is 177 g/mol. The Kier molecular flexibility index (Phi) is 1.88. The van der Waals surface area contributed by atoms with E-state index >= 15 is 0 Å². The van der Waals surface area contributed by atoms with Gasteiger partial charge in [0, 0.05) is 5.92 Å². The van der Waals surface area contributed by atoms with Gasteiger partial charge in [-0.15, -0.1) is 0 Å². The van der Waals surface area contributed by atoms with Crippen molar-refractivity contribution in [2.75, 3.05) is 0 Å². The van der Waals surface area contributed by atoms with Crippen LogP contribution in [0.5, 0.6) is 0 Å². The molecule has 2 atom stereocenters. The van der Waals surface area contributed by atoms with Gasteiger partial charge in [0.15, 0.2) is 0 Å². The van der Waals surface area contributed by atoms with Crippen LogP contribution in [-0.2, 0) is 0 Å². The smallest absolute Gasteiger partial charge is 0.332 e. The summed E-state index contributed by atoms with van der Waals surface area (Å²) in [5.74, 6) is 1.07. The molecule has 0 spiro atoms. The maximum Gasteiger partial charge on any atom is 0.332 e. The normalized spacial score (nSPS) is 32.5. The number of nitrogens with two attached hydrogens (primary N) is 1. The molecule has 4 nitrogen and oxygen atoms in total. The molecule has 2 aliphatic carbocycles. The molecule has 13 heavy (non-hydrogen) atoms. The molecule has 0 bridgehead atoms. The van der Waals surface area contributed by atoms with Crippen molar-refractivity contribution in [1.29, 1.82) is 0 Å². The van der Waals surface area contributed by atoms with E-state index in [1.165, 1.54) is 0 Å². The van der Waals surface area contributed by atoms with E-state index in [2.05, 4.69) is 16.6 Å². The van der Waals surface area contributed by atoms with E-state index < -0.39 is 6.03 Å². The quantitative estimate of drug-likeness (QED) is 0.571. The largest absolute Gasteiger partial charge is 0.350 e. The molecule has 1 saturated carbocycles. The Labute approximate surface area is 76.2 Å². The molecule has 0 aromatic heterocycles. The molecule has 0 heterocycles. The summed E-state index contributed by atoms with van der Waals surface area (Å²) in [5.41, 5.74) is 8.07. The predicted octanol–water partition coefficient (Wildman–Crippen LogP) is 0.773.